The normalized spacial score (nSPS) is 12.4. The zero-order chi connectivity index (χ0) is 59.9. The van der Waals surface area contributed by atoms with E-state index in [1.54, 1.807) is 0 Å². The molecule has 1 unspecified atom stereocenters. The maximum atomic E-state index is 13.0. The summed E-state index contributed by atoms with van der Waals surface area (Å²) in [7, 11) is 0. The van der Waals surface area contributed by atoms with E-state index in [4.69, 9.17) is 14.2 Å². The Kier molecular flexibility index (Phi) is 69.1. The first-order valence-corrected chi connectivity index (χ1v) is 36.8. The molecule has 0 aliphatic heterocycles. The first kappa shape index (κ1) is 80.1. The molecule has 83 heavy (non-hydrogen) atoms. The average Bonchev–Trinajstić information content (AvgIpc) is 3.49. The van der Waals surface area contributed by atoms with E-state index < -0.39 is 6.10 Å². The average molecular weight is 1160 g/mol. The van der Waals surface area contributed by atoms with Gasteiger partial charge in [-0.1, -0.05) is 370 Å². The van der Waals surface area contributed by atoms with Gasteiger partial charge in [-0.05, 0) is 64.2 Å². The zero-order valence-corrected chi connectivity index (χ0v) is 55.7. The standard InChI is InChI=1S/C77H140O6/c1-4-7-10-13-16-19-22-25-28-31-34-37-38-41-43-46-49-52-55-58-61-64-67-70-76(79)82-73-74(83-77(80)71-68-65-62-59-56-53-50-47-44-40-36-33-30-27-24-21-18-15-12-9-6-3)72-81-75(78)69-66-63-60-57-54-51-48-45-42-39-35-32-29-26-23-20-17-14-11-8-5-2/h9,12,18,21,27,30,36,40,47,50,74H,4-8,10-11,13-17,19-20,22-26,28-29,31-35,37-39,41-46,48-49,51-73H2,1-3H3/b12-9-,21-18-,30-27-,40-36-,50-47-. The highest BCUT2D eigenvalue weighted by Crippen LogP contribution is 2.19. The summed E-state index contributed by atoms with van der Waals surface area (Å²) < 4.78 is 17.0. The van der Waals surface area contributed by atoms with E-state index in [2.05, 4.69) is 81.5 Å². The Labute approximate surface area is 517 Å². The smallest absolute Gasteiger partial charge is 0.306 e. The number of allylic oxidation sites excluding steroid dienone is 10. The number of esters is 3. The molecule has 6 heteroatoms. The first-order chi connectivity index (χ1) is 41.0. The molecule has 0 radical (unpaired) electrons. The van der Waals surface area contributed by atoms with Crippen LogP contribution in [0.15, 0.2) is 60.8 Å². The number of carbonyl (C=O) groups is 3. The number of hydrogen-bond donors (Lipinski definition) is 0. The summed E-state index contributed by atoms with van der Waals surface area (Å²) in [6, 6.07) is 0. The maximum Gasteiger partial charge on any atom is 0.306 e. The highest BCUT2D eigenvalue weighted by molar-refractivity contribution is 5.71. The Morgan fingerprint density at radius 3 is 0.735 bits per heavy atom. The lowest BCUT2D eigenvalue weighted by molar-refractivity contribution is -0.167. The van der Waals surface area contributed by atoms with Crippen LogP contribution in [0.3, 0.4) is 0 Å². The monoisotopic (exact) mass is 1160 g/mol. The SMILES string of the molecule is CC/C=C\C/C=C\C/C=C\C/C=C\C/C=C\CCCCCCCC(=O)OC(COC(=O)CCCCCCCCCCCCCCCCCCCCCCC)COC(=O)CCCCCCCCCCCCCCCCCCCCCCCCC. The minimum atomic E-state index is -0.784. The van der Waals surface area contributed by atoms with Gasteiger partial charge in [0.15, 0.2) is 6.10 Å². The second kappa shape index (κ2) is 71.6. The van der Waals surface area contributed by atoms with Crippen LogP contribution >= 0.6 is 0 Å². The van der Waals surface area contributed by atoms with E-state index in [9.17, 15) is 14.4 Å². The van der Waals surface area contributed by atoms with Gasteiger partial charge < -0.3 is 14.2 Å². The Bertz CT molecular complexity index is 1470. The van der Waals surface area contributed by atoms with Crippen LogP contribution in [0.1, 0.15) is 393 Å². The molecular weight excluding hydrogens is 1020 g/mol. The van der Waals surface area contributed by atoms with E-state index in [-0.39, 0.29) is 31.1 Å². The molecule has 0 aromatic heterocycles. The van der Waals surface area contributed by atoms with Gasteiger partial charge in [-0.2, -0.15) is 0 Å². The Balaban J connectivity index is 4.35. The molecule has 0 heterocycles. The minimum Gasteiger partial charge on any atom is -0.462 e. The van der Waals surface area contributed by atoms with Crippen LogP contribution in [-0.2, 0) is 28.6 Å². The van der Waals surface area contributed by atoms with Gasteiger partial charge in [0.1, 0.15) is 13.2 Å². The molecular formula is C77H140O6. The van der Waals surface area contributed by atoms with Gasteiger partial charge in [0.25, 0.3) is 0 Å². The van der Waals surface area contributed by atoms with Gasteiger partial charge in [0.05, 0.1) is 0 Å². The molecule has 0 aliphatic rings. The molecule has 1 atom stereocenters. The van der Waals surface area contributed by atoms with Crippen LogP contribution < -0.4 is 0 Å². The first-order valence-electron chi connectivity index (χ1n) is 36.8. The summed E-state index contributed by atoms with van der Waals surface area (Å²) in [5, 5.41) is 0. The quantitative estimate of drug-likeness (QED) is 0.0261. The number of ether oxygens (including phenoxy) is 3. The molecule has 0 aromatic rings. The van der Waals surface area contributed by atoms with E-state index in [1.807, 2.05) is 0 Å². The zero-order valence-electron chi connectivity index (χ0n) is 55.7. The second-order valence-electron chi connectivity index (χ2n) is 24.8. The third kappa shape index (κ3) is 69.8. The Morgan fingerprint density at radius 1 is 0.253 bits per heavy atom. The van der Waals surface area contributed by atoms with Crippen LogP contribution in [0, 0.1) is 0 Å². The van der Waals surface area contributed by atoms with Gasteiger partial charge in [0.2, 0.25) is 0 Å². The molecule has 0 aliphatic carbocycles. The fraction of sp³-hybridized carbons (Fsp3) is 0.831. The van der Waals surface area contributed by atoms with Crippen molar-refractivity contribution in [3.63, 3.8) is 0 Å². The highest BCUT2D eigenvalue weighted by atomic mass is 16.6. The summed E-state index contributed by atoms with van der Waals surface area (Å²) in [4.78, 5) is 38.5. The van der Waals surface area contributed by atoms with Crippen molar-refractivity contribution in [1.82, 2.24) is 0 Å². The van der Waals surface area contributed by atoms with Crippen LogP contribution in [0.2, 0.25) is 0 Å². The third-order valence-corrected chi connectivity index (χ3v) is 16.5. The predicted octanol–water partition coefficient (Wildman–Crippen LogP) is 25.5. The third-order valence-electron chi connectivity index (χ3n) is 16.5. The van der Waals surface area contributed by atoms with Crippen molar-refractivity contribution in [2.45, 2.75) is 399 Å². The fourth-order valence-electron chi connectivity index (χ4n) is 11.1. The molecule has 6 nitrogen and oxygen atoms in total. The lowest BCUT2D eigenvalue weighted by Crippen LogP contribution is -2.30. The van der Waals surface area contributed by atoms with E-state index in [0.29, 0.717) is 19.3 Å². The summed E-state index contributed by atoms with van der Waals surface area (Å²) in [6.07, 6.45) is 92.5. The molecule has 0 fully saturated rings. The summed E-state index contributed by atoms with van der Waals surface area (Å²) in [5.41, 5.74) is 0. The predicted molar refractivity (Wildman–Crippen MR) is 362 cm³/mol. The molecule has 0 spiro atoms. The van der Waals surface area contributed by atoms with Crippen LogP contribution in [0.25, 0.3) is 0 Å². The number of carbonyl (C=O) groups excluding carboxylic acids is 3. The van der Waals surface area contributed by atoms with Crippen molar-refractivity contribution in [1.29, 1.82) is 0 Å². The Hall–Kier alpha value is -2.89. The molecule has 0 N–H and O–H groups in total. The summed E-state index contributed by atoms with van der Waals surface area (Å²) in [6.45, 7) is 6.59. The lowest BCUT2D eigenvalue weighted by atomic mass is 10.0. The number of rotatable bonds is 68. The van der Waals surface area contributed by atoms with Gasteiger partial charge in [0, 0.05) is 19.3 Å². The molecule has 0 amide bonds. The lowest BCUT2D eigenvalue weighted by Gasteiger charge is -2.18. The molecule has 484 valence electrons. The van der Waals surface area contributed by atoms with Crippen LogP contribution in [0.5, 0.6) is 0 Å². The molecule has 0 saturated heterocycles. The number of hydrogen-bond acceptors (Lipinski definition) is 6. The van der Waals surface area contributed by atoms with Crippen molar-refractivity contribution < 1.29 is 28.6 Å². The largest absolute Gasteiger partial charge is 0.462 e. The topological polar surface area (TPSA) is 78.9 Å². The van der Waals surface area contributed by atoms with Crippen molar-refractivity contribution in [3.05, 3.63) is 60.8 Å². The Morgan fingerprint density at radius 2 is 0.470 bits per heavy atom. The van der Waals surface area contributed by atoms with Crippen molar-refractivity contribution in [3.8, 4) is 0 Å². The molecule has 0 rings (SSSR count). The van der Waals surface area contributed by atoms with Gasteiger partial charge in [-0.15, -0.1) is 0 Å². The fourth-order valence-corrected chi connectivity index (χ4v) is 11.1. The van der Waals surface area contributed by atoms with Gasteiger partial charge >= 0.3 is 17.9 Å². The minimum absolute atomic E-state index is 0.0770. The number of unbranched alkanes of at least 4 members (excludes halogenated alkanes) is 47. The van der Waals surface area contributed by atoms with E-state index in [1.165, 1.54) is 244 Å². The van der Waals surface area contributed by atoms with Crippen molar-refractivity contribution >= 4 is 17.9 Å². The maximum absolute atomic E-state index is 13.0. The molecule has 0 saturated carbocycles. The summed E-state index contributed by atoms with van der Waals surface area (Å²) >= 11 is 0. The van der Waals surface area contributed by atoms with Gasteiger partial charge in [-0.25, -0.2) is 0 Å². The highest BCUT2D eigenvalue weighted by Gasteiger charge is 2.19. The van der Waals surface area contributed by atoms with Crippen LogP contribution in [0.4, 0.5) is 0 Å². The van der Waals surface area contributed by atoms with E-state index >= 15 is 0 Å². The summed E-state index contributed by atoms with van der Waals surface area (Å²) in [5.74, 6) is -0.866. The van der Waals surface area contributed by atoms with Crippen molar-refractivity contribution in [2.24, 2.45) is 0 Å². The molecule has 0 bridgehead atoms. The van der Waals surface area contributed by atoms with E-state index in [0.717, 1.165) is 109 Å². The van der Waals surface area contributed by atoms with Crippen LogP contribution in [-0.4, -0.2) is 37.2 Å². The van der Waals surface area contributed by atoms with Crippen molar-refractivity contribution in [2.75, 3.05) is 13.2 Å². The molecule has 0 aromatic carbocycles. The second-order valence-corrected chi connectivity index (χ2v) is 24.8. The van der Waals surface area contributed by atoms with Gasteiger partial charge in [-0.3, -0.25) is 14.4 Å².